The third-order valence-corrected chi connectivity index (χ3v) is 8.66. The van der Waals surface area contributed by atoms with E-state index in [9.17, 15) is 18.8 Å². The molecule has 0 unspecified atom stereocenters. The van der Waals surface area contributed by atoms with Gasteiger partial charge < -0.3 is 29.4 Å². The van der Waals surface area contributed by atoms with E-state index >= 15 is 0 Å². The van der Waals surface area contributed by atoms with Crippen LogP contribution in [-0.2, 0) is 27.2 Å². The van der Waals surface area contributed by atoms with Crippen LogP contribution in [0.15, 0.2) is 66.7 Å². The molecular weight excluding hydrogens is 627 g/mol. The van der Waals surface area contributed by atoms with Gasteiger partial charge in [0.25, 0.3) is 0 Å². The van der Waals surface area contributed by atoms with E-state index in [0.717, 1.165) is 48.2 Å². The molecule has 1 saturated heterocycles. The molecular formula is C38H45FN4O6. The number of hydrogen-bond donors (Lipinski definition) is 2. The van der Waals surface area contributed by atoms with Crippen LogP contribution in [0, 0.1) is 5.82 Å². The lowest BCUT2D eigenvalue weighted by Crippen LogP contribution is -2.46. The van der Waals surface area contributed by atoms with Crippen molar-refractivity contribution in [1.29, 1.82) is 0 Å². The van der Waals surface area contributed by atoms with E-state index in [1.54, 1.807) is 33.9 Å². The molecule has 3 aromatic carbocycles. The molecule has 2 atom stereocenters. The largest absolute Gasteiger partial charge is 0.478 e. The van der Waals surface area contributed by atoms with Gasteiger partial charge in [-0.05, 0) is 87.4 Å². The van der Waals surface area contributed by atoms with Gasteiger partial charge in [-0.1, -0.05) is 42.5 Å². The standard InChI is InChI=1S/C38H45FN4O6/c1-38(2,3)49-37(47)40-29(21-25-12-14-26(15-13-25)27-16-17-30(36(45)46)31(39)22-27)23-34(44)42-18-7-9-28(24-42)35-41-32-10-5-6-11-33(32)43(35)19-8-20-48-4/h5-6,10-17,22,28-29H,7-9,18-21,23-24H2,1-4H3,(H,40,47)(H,45,46)/t28-,29-/m1/s1. The maximum Gasteiger partial charge on any atom is 0.407 e. The van der Waals surface area contributed by atoms with Gasteiger partial charge in [-0.2, -0.15) is 0 Å². The number of para-hydroxylation sites is 2. The Morgan fingerprint density at radius 3 is 2.49 bits per heavy atom. The van der Waals surface area contributed by atoms with Gasteiger partial charge in [-0.15, -0.1) is 0 Å². The zero-order valence-electron chi connectivity index (χ0n) is 28.6. The van der Waals surface area contributed by atoms with Gasteiger partial charge in [-0.3, -0.25) is 4.79 Å². The summed E-state index contributed by atoms with van der Waals surface area (Å²) in [5.74, 6) is -1.13. The van der Waals surface area contributed by atoms with Crippen LogP contribution in [0.4, 0.5) is 9.18 Å². The fourth-order valence-electron chi connectivity index (χ4n) is 6.40. The van der Waals surface area contributed by atoms with E-state index in [-0.39, 0.29) is 23.8 Å². The van der Waals surface area contributed by atoms with Crippen LogP contribution in [0.3, 0.4) is 0 Å². The van der Waals surface area contributed by atoms with Gasteiger partial charge in [0.1, 0.15) is 17.2 Å². The Kier molecular flexibility index (Phi) is 11.3. The van der Waals surface area contributed by atoms with Crippen LogP contribution in [0.5, 0.6) is 0 Å². The summed E-state index contributed by atoms with van der Waals surface area (Å²) < 4.78 is 27.4. The normalized spacial score (nSPS) is 15.6. The number of ether oxygens (including phenoxy) is 2. The number of piperidine rings is 1. The summed E-state index contributed by atoms with van der Waals surface area (Å²) in [6.07, 6.45) is 2.47. The smallest absolute Gasteiger partial charge is 0.407 e. The molecule has 0 saturated carbocycles. The third-order valence-electron chi connectivity index (χ3n) is 8.66. The van der Waals surface area contributed by atoms with Crippen molar-refractivity contribution in [3.63, 3.8) is 0 Å². The molecule has 10 nitrogen and oxygen atoms in total. The maximum atomic E-state index is 14.3. The number of imidazole rings is 1. The molecule has 49 heavy (non-hydrogen) atoms. The number of carbonyl (C=O) groups is 3. The molecule has 2 heterocycles. The molecule has 1 aliphatic heterocycles. The first-order chi connectivity index (χ1) is 23.4. The molecule has 5 rings (SSSR count). The highest BCUT2D eigenvalue weighted by molar-refractivity contribution is 5.88. The number of carbonyl (C=O) groups excluding carboxylic acids is 2. The molecule has 2 amide bonds. The van der Waals surface area contributed by atoms with Gasteiger partial charge in [0.2, 0.25) is 5.91 Å². The van der Waals surface area contributed by atoms with Crippen LogP contribution in [0.2, 0.25) is 0 Å². The number of halogens is 1. The molecule has 4 aromatic rings. The number of benzene rings is 3. The number of carboxylic acid groups (broad SMARTS) is 1. The second-order valence-corrected chi connectivity index (χ2v) is 13.6. The first-order valence-electron chi connectivity index (χ1n) is 16.8. The summed E-state index contributed by atoms with van der Waals surface area (Å²) in [5.41, 5.74) is 3.03. The van der Waals surface area contributed by atoms with Gasteiger partial charge in [0, 0.05) is 51.7 Å². The number of nitrogens with zero attached hydrogens (tertiary/aromatic N) is 3. The Morgan fingerprint density at radius 2 is 1.80 bits per heavy atom. The van der Waals surface area contributed by atoms with Crippen LogP contribution in [-0.4, -0.2) is 76.0 Å². The molecule has 1 fully saturated rings. The number of methoxy groups -OCH3 is 1. The number of nitrogens with one attached hydrogen (secondary N) is 1. The molecule has 11 heteroatoms. The lowest BCUT2D eigenvalue weighted by atomic mass is 9.95. The molecule has 0 aliphatic carbocycles. The molecule has 260 valence electrons. The molecule has 1 aromatic heterocycles. The van der Waals surface area contributed by atoms with Crippen LogP contribution < -0.4 is 5.32 Å². The number of aromatic nitrogens is 2. The minimum absolute atomic E-state index is 0.0570. The lowest BCUT2D eigenvalue weighted by molar-refractivity contribution is -0.133. The van der Waals surface area contributed by atoms with Gasteiger partial charge >= 0.3 is 12.1 Å². The summed E-state index contributed by atoms with van der Waals surface area (Å²) in [6.45, 7) is 7.95. The first-order valence-corrected chi connectivity index (χ1v) is 16.8. The van der Waals surface area contributed by atoms with Crippen LogP contribution in [0.1, 0.15) is 74.1 Å². The number of aryl methyl sites for hydroxylation is 1. The van der Waals surface area contributed by atoms with Gasteiger partial charge in [0.05, 0.1) is 16.6 Å². The fraction of sp³-hybridized carbons (Fsp3) is 0.421. The average molecular weight is 673 g/mol. The topological polar surface area (TPSA) is 123 Å². The third kappa shape index (κ3) is 9.23. The van der Waals surface area contributed by atoms with Crippen LogP contribution >= 0.6 is 0 Å². The van der Waals surface area contributed by atoms with Crippen molar-refractivity contribution in [3.8, 4) is 11.1 Å². The van der Waals surface area contributed by atoms with E-state index in [1.807, 2.05) is 47.4 Å². The Bertz CT molecular complexity index is 1780. The summed E-state index contributed by atoms with van der Waals surface area (Å²) in [6, 6.07) is 18.9. The molecule has 2 N–H and O–H groups in total. The Hall–Kier alpha value is -4.77. The van der Waals surface area contributed by atoms with E-state index < -0.39 is 29.5 Å². The monoisotopic (exact) mass is 672 g/mol. The fourth-order valence-corrected chi connectivity index (χ4v) is 6.40. The minimum Gasteiger partial charge on any atom is -0.478 e. The van der Waals surface area contributed by atoms with Crippen molar-refractivity contribution in [2.24, 2.45) is 0 Å². The molecule has 1 aliphatic rings. The highest BCUT2D eigenvalue weighted by Gasteiger charge is 2.30. The summed E-state index contributed by atoms with van der Waals surface area (Å²) in [7, 11) is 1.70. The second kappa shape index (κ2) is 15.6. The minimum atomic E-state index is -1.32. The van der Waals surface area contributed by atoms with Crippen molar-refractivity contribution < 1.29 is 33.4 Å². The number of hydrogen-bond acceptors (Lipinski definition) is 6. The van der Waals surface area contributed by atoms with Crippen molar-refractivity contribution in [3.05, 3.63) is 89.5 Å². The molecule has 0 bridgehead atoms. The number of carboxylic acids is 1. The van der Waals surface area contributed by atoms with E-state index in [1.165, 1.54) is 12.1 Å². The van der Waals surface area contributed by atoms with E-state index in [4.69, 9.17) is 19.6 Å². The van der Waals surface area contributed by atoms with E-state index in [0.29, 0.717) is 37.2 Å². The number of aromatic carboxylic acids is 1. The van der Waals surface area contributed by atoms with Crippen molar-refractivity contribution in [1.82, 2.24) is 19.8 Å². The van der Waals surface area contributed by atoms with Crippen LogP contribution in [0.25, 0.3) is 22.2 Å². The summed E-state index contributed by atoms with van der Waals surface area (Å²) >= 11 is 0. The Balaban J connectivity index is 1.31. The Labute approximate surface area is 286 Å². The van der Waals surface area contributed by atoms with Crippen molar-refractivity contribution in [2.75, 3.05) is 26.8 Å². The molecule has 0 radical (unpaired) electrons. The zero-order chi connectivity index (χ0) is 35.1. The van der Waals surface area contributed by atoms with Crippen molar-refractivity contribution in [2.45, 2.75) is 77.0 Å². The first kappa shape index (κ1) is 35.5. The SMILES string of the molecule is COCCCn1c([C@@H]2CCCN(C(=O)C[C@@H](Cc3ccc(-c4ccc(C(=O)O)c(F)c4)cc3)NC(=O)OC(C)(C)C)C2)nc2ccccc21. The predicted octanol–water partition coefficient (Wildman–Crippen LogP) is 6.81. The zero-order valence-corrected chi connectivity index (χ0v) is 28.6. The van der Waals surface area contributed by atoms with E-state index in [2.05, 4.69) is 16.0 Å². The summed E-state index contributed by atoms with van der Waals surface area (Å²) in [5, 5.41) is 12.1. The number of rotatable bonds is 12. The lowest BCUT2D eigenvalue weighted by Gasteiger charge is -2.34. The quantitative estimate of drug-likeness (QED) is 0.159. The predicted molar refractivity (Wildman–Crippen MR) is 185 cm³/mol. The molecule has 0 spiro atoms. The maximum absolute atomic E-state index is 14.3. The summed E-state index contributed by atoms with van der Waals surface area (Å²) in [4.78, 5) is 44.8. The van der Waals surface area contributed by atoms with Gasteiger partial charge in [-0.25, -0.2) is 19.0 Å². The number of likely N-dealkylation sites (tertiary alicyclic amines) is 1. The highest BCUT2D eigenvalue weighted by atomic mass is 19.1. The average Bonchev–Trinajstić information content (AvgIpc) is 3.42. The highest BCUT2D eigenvalue weighted by Crippen LogP contribution is 2.30. The Morgan fingerprint density at radius 1 is 1.06 bits per heavy atom. The number of amides is 2. The number of fused-ring (bicyclic) bond motifs is 1. The number of alkyl carbamates (subject to hydrolysis) is 1. The second-order valence-electron chi connectivity index (χ2n) is 13.6. The van der Waals surface area contributed by atoms with Crippen molar-refractivity contribution >= 4 is 29.0 Å². The van der Waals surface area contributed by atoms with Gasteiger partial charge in [0.15, 0.2) is 0 Å².